The molecule has 0 aliphatic rings. The number of hydrogen-bond donors (Lipinski definition) is 0. The summed E-state index contributed by atoms with van der Waals surface area (Å²) in [5, 5.41) is 0. The van der Waals surface area contributed by atoms with Crippen LogP contribution in [0.5, 0.6) is 0 Å². The van der Waals surface area contributed by atoms with Crippen molar-refractivity contribution >= 4 is 15.4 Å². The summed E-state index contributed by atoms with van der Waals surface area (Å²) in [5.74, 6) is 0. The minimum Gasteiger partial charge on any atom is -0.293 e. The summed E-state index contributed by atoms with van der Waals surface area (Å²) in [7, 11) is -3.79. The molecule has 0 saturated heterocycles. The van der Waals surface area contributed by atoms with Gasteiger partial charge in [-0.25, -0.2) is 15.0 Å². The van der Waals surface area contributed by atoms with Crippen LogP contribution < -0.4 is 0 Å². The maximum absolute atomic E-state index is 12.9. The van der Waals surface area contributed by atoms with Crippen LogP contribution in [0.15, 0.2) is 66.1 Å². The molecule has 2 rings (SSSR count). The Bertz CT molecular complexity index is 846. The van der Waals surface area contributed by atoms with Crippen LogP contribution in [0.1, 0.15) is 24.5 Å². The highest BCUT2D eigenvalue weighted by Crippen LogP contribution is 2.35. The third-order valence-electron chi connectivity index (χ3n) is 3.87. The molecule has 3 nitrogen and oxygen atoms in total. The molecule has 0 heterocycles. The standard InChI is InChI=1S/C19H19NO2S/c1-15-10-12-18(13-11-15)23(21,22)19(3,20-4)14-16(2)17-8-6-5-7-9-17/h5-13H,2,14H2,1,3H3. The van der Waals surface area contributed by atoms with Crippen LogP contribution in [0.4, 0.5) is 0 Å². The first-order valence-electron chi connectivity index (χ1n) is 7.23. The van der Waals surface area contributed by atoms with E-state index in [9.17, 15) is 8.42 Å². The number of sulfone groups is 1. The van der Waals surface area contributed by atoms with Crippen molar-refractivity contribution in [3.8, 4) is 0 Å². The Labute approximate surface area is 138 Å². The minimum absolute atomic E-state index is 0.0662. The van der Waals surface area contributed by atoms with E-state index in [0.717, 1.165) is 11.1 Å². The molecule has 2 aromatic carbocycles. The second kappa shape index (κ2) is 6.39. The molecule has 0 aliphatic carbocycles. The lowest BCUT2D eigenvalue weighted by molar-refractivity contribution is 0.564. The van der Waals surface area contributed by atoms with Crippen LogP contribution in [-0.4, -0.2) is 13.3 Å². The van der Waals surface area contributed by atoms with Crippen molar-refractivity contribution in [3.63, 3.8) is 0 Å². The quantitative estimate of drug-likeness (QED) is 0.759. The van der Waals surface area contributed by atoms with Crippen LogP contribution in [0.3, 0.4) is 0 Å². The van der Waals surface area contributed by atoms with E-state index in [-0.39, 0.29) is 11.3 Å². The molecule has 0 amide bonds. The molecule has 0 bridgehead atoms. The van der Waals surface area contributed by atoms with Gasteiger partial charge in [0, 0.05) is 6.92 Å². The fraction of sp³-hybridized carbons (Fsp3) is 0.211. The molecule has 1 unspecified atom stereocenters. The Balaban J connectivity index is 2.38. The molecule has 0 spiro atoms. The Morgan fingerprint density at radius 2 is 1.70 bits per heavy atom. The van der Waals surface area contributed by atoms with Gasteiger partial charge in [-0.3, -0.25) is 4.85 Å². The van der Waals surface area contributed by atoms with Crippen molar-refractivity contribution in [2.45, 2.75) is 30.0 Å². The van der Waals surface area contributed by atoms with E-state index in [1.807, 2.05) is 37.3 Å². The average molecular weight is 325 g/mol. The zero-order valence-electron chi connectivity index (χ0n) is 13.3. The summed E-state index contributed by atoms with van der Waals surface area (Å²) in [6, 6.07) is 15.9. The van der Waals surface area contributed by atoms with Crippen molar-refractivity contribution < 1.29 is 8.42 Å². The topological polar surface area (TPSA) is 38.5 Å². The van der Waals surface area contributed by atoms with Gasteiger partial charge in [0.25, 0.3) is 9.84 Å². The van der Waals surface area contributed by atoms with E-state index in [2.05, 4.69) is 11.4 Å². The van der Waals surface area contributed by atoms with E-state index in [1.54, 1.807) is 24.3 Å². The second-order valence-electron chi connectivity index (χ2n) is 5.75. The predicted molar refractivity (Wildman–Crippen MR) is 93.5 cm³/mol. The van der Waals surface area contributed by atoms with Crippen LogP contribution >= 0.6 is 0 Å². The Morgan fingerprint density at radius 3 is 2.22 bits per heavy atom. The van der Waals surface area contributed by atoms with Gasteiger partial charge in [0.1, 0.15) is 0 Å². The van der Waals surface area contributed by atoms with Crippen LogP contribution in [0.25, 0.3) is 10.4 Å². The molecule has 0 N–H and O–H groups in total. The fourth-order valence-corrected chi connectivity index (χ4v) is 3.82. The smallest absolute Gasteiger partial charge is 0.293 e. The van der Waals surface area contributed by atoms with Gasteiger partial charge in [-0.15, -0.1) is 0 Å². The molecule has 2 aromatic rings. The molecule has 0 radical (unpaired) electrons. The van der Waals surface area contributed by atoms with Crippen molar-refractivity contribution in [2.24, 2.45) is 0 Å². The van der Waals surface area contributed by atoms with Gasteiger partial charge in [-0.1, -0.05) is 54.6 Å². The van der Waals surface area contributed by atoms with E-state index in [0.29, 0.717) is 5.57 Å². The third kappa shape index (κ3) is 3.35. The maximum atomic E-state index is 12.9. The Morgan fingerprint density at radius 1 is 1.13 bits per heavy atom. The molecule has 0 saturated carbocycles. The van der Waals surface area contributed by atoms with Crippen molar-refractivity contribution in [2.75, 3.05) is 0 Å². The van der Waals surface area contributed by atoms with Gasteiger partial charge < -0.3 is 0 Å². The van der Waals surface area contributed by atoms with E-state index < -0.39 is 14.7 Å². The number of nitrogens with zero attached hydrogens (tertiary/aromatic N) is 1. The number of aryl methyl sites for hydroxylation is 1. The fourth-order valence-electron chi connectivity index (χ4n) is 2.34. The summed E-state index contributed by atoms with van der Waals surface area (Å²) in [6.45, 7) is 14.8. The van der Waals surface area contributed by atoms with Gasteiger partial charge in [0.2, 0.25) is 0 Å². The lowest BCUT2D eigenvalue weighted by Gasteiger charge is -2.19. The molecular weight excluding hydrogens is 306 g/mol. The predicted octanol–water partition coefficient (Wildman–Crippen LogP) is 4.51. The summed E-state index contributed by atoms with van der Waals surface area (Å²) in [5.41, 5.74) is 2.46. The summed E-state index contributed by atoms with van der Waals surface area (Å²) >= 11 is 0. The molecule has 118 valence electrons. The Kier molecular flexibility index (Phi) is 4.72. The number of benzene rings is 2. The van der Waals surface area contributed by atoms with Gasteiger partial charge in [-0.2, -0.15) is 0 Å². The minimum atomic E-state index is -3.79. The van der Waals surface area contributed by atoms with Crippen LogP contribution in [-0.2, 0) is 9.84 Å². The van der Waals surface area contributed by atoms with Gasteiger partial charge in [0.15, 0.2) is 0 Å². The van der Waals surface area contributed by atoms with Gasteiger partial charge in [-0.05, 0) is 30.2 Å². The highest BCUT2D eigenvalue weighted by Gasteiger charge is 2.47. The van der Waals surface area contributed by atoms with Crippen molar-refractivity contribution in [1.82, 2.24) is 0 Å². The molecule has 0 aliphatic heterocycles. The summed E-state index contributed by atoms with van der Waals surface area (Å²) < 4.78 is 25.8. The average Bonchev–Trinajstić information content (AvgIpc) is 2.55. The molecule has 0 fully saturated rings. The third-order valence-corrected chi connectivity index (χ3v) is 6.16. The first kappa shape index (κ1) is 17.0. The second-order valence-corrected chi connectivity index (χ2v) is 8.11. The highest BCUT2D eigenvalue weighted by atomic mass is 32.2. The zero-order valence-corrected chi connectivity index (χ0v) is 14.1. The lowest BCUT2D eigenvalue weighted by Crippen LogP contribution is -2.32. The summed E-state index contributed by atoms with van der Waals surface area (Å²) in [6.07, 6.45) is 0.0662. The molecular formula is C19H19NO2S. The molecule has 0 aromatic heterocycles. The largest absolute Gasteiger partial charge is 0.334 e. The van der Waals surface area contributed by atoms with E-state index in [4.69, 9.17) is 6.57 Å². The normalized spacial score (nSPS) is 13.8. The first-order valence-corrected chi connectivity index (χ1v) is 8.71. The lowest BCUT2D eigenvalue weighted by atomic mass is 10.0. The summed E-state index contributed by atoms with van der Waals surface area (Å²) in [4.78, 5) is 2.05. The van der Waals surface area contributed by atoms with E-state index >= 15 is 0 Å². The SMILES string of the molecule is [C-]#[N+]C(C)(CC(=C)c1ccccc1)S(=O)(=O)c1ccc(C)cc1. The maximum Gasteiger partial charge on any atom is 0.334 e. The van der Waals surface area contributed by atoms with Crippen LogP contribution in [0.2, 0.25) is 0 Å². The van der Waals surface area contributed by atoms with Gasteiger partial charge >= 0.3 is 4.87 Å². The Hall–Kier alpha value is -2.38. The number of hydrogen-bond acceptors (Lipinski definition) is 2. The number of rotatable bonds is 5. The molecule has 4 heteroatoms. The zero-order chi connectivity index (χ0) is 17.1. The monoisotopic (exact) mass is 325 g/mol. The first-order chi connectivity index (χ1) is 10.8. The van der Waals surface area contributed by atoms with Crippen molar-refractivity contribution in [1.29, 1.82) is 0 Å². The van der Waals surface area contributed by atoms with Crippen LogP contribution in [0, 0.1) is 13.5 Å². The highest BCUT2D eigenvalue weighted by molar-refractivity contribution is 7.93. The molecule has 1 atom stereocenters. The van der Waals surface area contributed by atoms with E-state index in [1.165, 1.54) is 6.92 Å². The van der Waals surface area contributed by atoms with Crippen molar-refractivity contribution in [3.05, 3.63) is 83.7 Å². The van der Waals surface area contributed by atoms with Gasteiger partial charge in [0.05, 0.1) is 11.3 Å². The molecule has 23 heavy (non-hydrogen) atoms.